The molecule has 0 aliphatic carbocycles. The lowest BCUT2D eigenvalue weighted by molar-refractivity contribution is -0.118. The molecule has 1 amide bonds. The summed E-state index contributed by atoms with van der Waals surface area (Å²) in [7, 11) is 0. The standard InChI is InChI=1S/C15H11ClFN3OS2/c16-11-2-1-3-12-14(11)18-15(23-12)20-19-13(21)8-22-10-6-4-9(17)5-7-10/h1-7H,8H2,(H,18,20)(H,19,21). The number of rotatable bonds is 5. The first kappa shape index (κ1) is 16.0. The average molecular weight is 368 g/mol. The van der Waals surface area contributed by atoms with Gasteiger partial charge in [-0.15, -0.1) is 11.8 Å². The minimum atomic E-state index is -0.296. The lowest BCUT2D eigenvalue weighted by Gasteiger charge is -2.05. The Bertz CT molecular complexity index is 838. The molecule has 3 aromatic rings. The number of amides is 1. The Labute approximate surface area is 145 Å². The second-order valence-electron chi connectivity index (χ2n) is 4.52. The first-order chi connectivity index (χ1) is 11.1. The van der Waals surface area contributed by atoms with Gasteiger partial charge in [0.15, 0.2) is 0 Å². The molecular formula is C15H11ClFN3OS2. The molecule has 0 unspecified atom stereocenters. The predicted octanol–water partition coefficient (Wildman–Crippen LogP) is 4.32. The van der Waals surface area contributed by atoms with E-state index in [2.05, 4.69) is 15.8 Å². The third kappa shape index (κ3) is 4.13. The number of halogens is 2. The highest BCUT2D eigenvalue weighted by atomic mass is 35.5. The summed E-state index contributed by atoms with van der Waals surface area (Å²) in [4.78, 5) is 17.0. The van der Waals surface area contributed by atoms with Crippen LogP contribution in [0.3, 0.4) is 0 Å². The van der Waals surface area contributed by atoms with Crippen molar-refractivity contribution in [3.8, 4) is 0 Å². The lowest BCUT2D eigenvalue weighted by atomic mass is 10.3. The van der Waals surface area contributed by atoms with Crippen molar-refractivity contribution in [3.05, 3.63) is 53.3 Å². The molecule has 0 aliphatic rings. The fourth-order valence-electron chi connectivity index (χ4n) is 1.81. The number of thioether (sulfide) groups is 1. The number of hydrazine groups is 1. The molecule has 0 aliphatic heterocycles. The fraction of sp³-hybridized carbons (Fsp3) is 0.0667. The van der Waals surface area contributed by atoms with Crippen molar-refractivity contribution in [2.24, 2.45) is 0 Å². The van der Waals surface area contributed by atoms with Gasteiger partial charge in [-0.1, -0.05) is 29.0 Å². The SMILES string of the molecule is O=C(CSc1ccc(F)cc1)NNc1nc2c(Cl)cccc2s1. The number of anilines is 1. The molecule has 0 saturated carbocycles. The van der Waals surface area contributed by atoms with Crippen LogP contribution in [0.15, 0.2) is 47.4 Å². The van der Waals surface area contributed by atoms with Gasteiger partial charge in [0.2, 0.25) is 11.0 Å². The number of carbonyl (C=O) groups is 1. The zero-order valence-electron chi connectivity index (χ0n) is 11.7. The maximum absolute atomic E-state index is 12.8. The van der Waals surface area contributed by atoms with Gasteiger partial charge in [0, 0.05) is 4.90 Å². The van der Waals surface area contributed by atoms with Crippen LogP contribution in [0, 0.1) is 5.82 Å². The highest BCUT2D eigenvalue weighted by molar-refractivity contribution is 8.00. The second-order valence-corrected chi connectivity index (χ2v) is 7.01. The largest absolute Gasteiger partial charge is 0.273 e. The van der Waals surface area contributed by atoms with Gasteiger partial charge in [0.1, 0.15) is 11.3 Å². The van der Waals surface area contributed by atoms with Crippen LogP contribution in [0.5, 0.6) is 0 Å². The van der Waals surface area contributed by atoms with Gasteiger partial charge in [0.25, 0.3) is 0 Å². The monoisotopic (exact) mass is 367 g/mol. The molecule has 23 heavy (non-hydrogen) atoms. The van der Waals surface area contributed by atoms with E-state index in [0.29, 0.717) is 15.7 Å². The van der Waals surface area contributed by atoms with Crippen molar-refractivity contribution in [2.75, 3.05) is 11.2 Å². The van der Waals surface area contributed by atoms with Gasteiger partial charge in [-0.25, -0.2) is 9.37 Å². The third-order valence-electron chi connectivity index (χ3n) is 2.86. The summed E-state index contributed by atoms with van der Waals surface area (Å²) in [5, 5.41) is 1.14. The molecule has 4 nitrogen and oxygen atoms in total. The summed E-state index contributed by atoms with van der Waals surface area (Å²) >= 11 is 8.78. The topological polar surface area (TPSA) is 54.0 Å². The summed E-state index contributed by atoms with van der Waals surface area (Å²) in [5.41, 5.74) is 6.07. The van der Waals surface area contributed by atoms with E-state index in [4.69, 9.17) is 11.6 Å². The Morgan fingerprint density at radius 1 is 1.26 bits per heavy atom. The van der Waals surface area contributed by atoms with Crippen molar-refractivity contribution in [3.63, 3.8) is 0 Å². The van der Waals surface area contributed by atoms with E-state index in [1.807, 2.05) is 12.1 Å². The van der Waals surface area contributed by atoms with Crippen molar-refractivity contribution in [1.29, 1.82) is 0 Å². The normalized spacial score (nSPS) is 10.7. The highest BCUT2D eigenvalue weighted by Crippen LogP contribution is 2.30. The fourth-order valence-corrected chi connectivity index (χ4v) is 3.62. The quantitative estimate of drug-likeness (QED) is 0.520. The summed E-state index contributed by atoms with van der Waals surface area (Å²) in [5.74, 6) is -0.288. The summed E-state index contributed by atoms with van der Waals surface area (Å²) in [6, 6.07) is 11.5. The van der Waals surface area contributed by atoms with Crippen LogP contribution in [0.25, 0.3) is 10.2 Å². The second kappa shape index (κ2) is 7.16. The number of aromatic nitrogens is 1. The van der Waals surface area contributed by atoms with Gasteiger partial charge >= 0.3 is 0 Å². The van der Waals surface area contributed by atoms with E-state index in [0.717, 1.165) is 9.60 Å². The summed E-state index contributed by atoms with van der Waals surface area (Å²) in [6.45, 7) is 0. The Morgan fingerprint density at radius 2 is 2.04 bits per heavy atom. The molecule has 0 saturated heterocycles. The zero-order chi connectivity index (χ0) is 16.2. The average Bonchev–Trinajstić information content (AvgIpc) is 2.97. The number of nitrogens with zero attached hydrogens (tertiary/aromatic N) is 1. The van der Waals surface area contributed by atoms with E-state index in [9.17, 15) is 9.18 Å². The van der Waals surface area contributed by atoms with Crippen molar-refractivity contribution in [2.45, 2.75) is 4.90 Å². The van der Waals surface area contributed by atoms with Gasteiger partial charge in [0.05, 0.1) is 15.5 Å². The Kier molecular flexibility index (Phi) is 5.00. The van der Waals surface area contributed by atoms with Crippen molar-refractivity contribution >= 4 is 56.0 Å². The molecule has 118 valence electrons. The van der Waals surface area contributed by atoms with Gasteiger partial charge in [-0.05, 0) is 36.4 Å². The molecule has 1 heterocycles. The summed E-state index contributed by atoms with van der Waals surface area (Å²) < 4.78 is 13.7. The number of hydrogen-bond donors (Lipinski definition) is 2. The number of fused-ring (bicyclic) bond motifs is 1. The molecule has 0 radical (unpaired) electrons. The third-order valence-corrected chi connectivity index (χ3v) is 5.12. The number of carbonyl (C=O) groups excluding carboxylic acids is 1. The van der Waals surface area contributed by atoms with E-state index in [1.165, 1.54) is 35.2 Å². The van der Waals surface area contributed by atoms with Gasteiger partial charge in [-0.3, -0.25) is 15.6 Å². The molecule has 3 rings (SSSR count). The molecule has 2 N–H and O–H groups in total. The van der Waals surface area contributed by atoms with Gasteiger partial charge in [-0.2, -0.15) is 0 Å². The number of para-hydroxylation sites is 1. The Hall–Kier alpha value is -1.83. The van der Waals surface area contributed by atoms with Crippen LogP contribution < -0.4 is 10.9 Å². The molecule has 1 aromatic heterocycles. The van der Waals surface area contributed by atoms with Crippen LogP contribution in [0.1, 0.15) is 0 Å². The number of nitrogens with one attached hydrogen (secondary N) is 2. The van der Waals surface area contributed by atoms with Crippen LogP contribution in [0.4, 0.5) is 9.52 Å². The highest BCUT2D eigenvalue weighted by Gasteiger charge is 2.08. The van der Waals surface area contributed by atoms with E-state index in [1.54, 1.807) is 18.2 Å². The predicted molar refractivity (Wildman–Crippen MR) is 93.5 cm³/mol. The molecule has 2 aromatic carbocycles. The number of hydrogen-bond acceptors (Lipinski definition) is 5. The smallest absolute Gasteiger partial charge is 0.248 e. The van der Waals surface area contributed by atoms with E-state index < -0.39 is 0 Å². The molecular weight excluding hydrogens is 357 g/mol. The first-order valence-electron chi connectivity index (χ1n) is 6.60. The molecule has 0 fully saturated rings. The van der Waals surface area contributed by atoms with Crippen molar-refractivity contribution < 1.29 is 9.18 Å². The van der Waals surface area contributed by atoms with Crippen LogP contribution >= 0.6 is 34.7 Å². The van der Waals surface area contributed by atoms with Crippen molar-refractivity contribution in [1.82, 2.24) is 10.4 Å². The Morgan fingerprint density at radius 3 is 2.78 bits per heavy atom. The summed E-state index contributed by atoms with van der Waals surface area (Å²) in [6.07, 6.45) is 0. The van der Waals surface area contributed by atoms with Crippen LogP contribution in [-0.2, 0) is 4.79 Å². The molecule has 0 spiro atoms. The number of thiazole rings is 1. The molecule has 8 heteroatoms. The first-order valence-corrected chi connectivity index (χ1v) is 8.78. The van der Waals surface area contributed by atoms with Crippen LogP contribution in [0.2, 0.25) is 5.02 Å². The zero-order valence-corrected chi connectivity index (χ0v) is 14.1. The lowest BCUT2D eigenvalue weighted by Crippen LogP contribution is -2.30. The van der Waals surface area contributed by atoms with Crippen LogP contribution in [-0.4, -0.2) is 16.6 Å². The Balaban J connectivity index is 1.53. The molecule has 0 atom stereocenters. The van der Waals surface area contributed by atoms with E-state index >= 15 is 0 Å². The minimum Gasteiger partial charge on any atom is -0.273 e. The van der Waals surface area contributed by atoms with Gasteiger partial charge < -0.3 is 0 Å². The van der Waals surface area contributed by atoms with E-state index in [-0.39, 0.29) is 17.5 Å². The number of benzene rings is 2. The maximum atomic E-state index is 12.8. The maximum Gasteiger partial charge on any atom is 0.248 e. The minimum absolute atomic E-state index is 0.204. The molecule has 0 bridgehead atoms.